The fourth-order valence-electron chi connectivity index (χ4n) is 5.17. The van der Waals surface area contributed by atoms with Crippen molar-refractivity contribution in [1.82, 2.24) is 9.80 Å². The Balaban J connectivity index is 1.37. The van der Waals surface area contributed by atoms with E-state index >= 15 is 0 Å². The van der Waals surface area contributed by atoms with Crippen molar-refractivity contribution in [2.75, 3.05) is 19.7 Å². The maximum Gasteiger partial charge on any atom is 0.233 e. The van der Waals surface area contributed by atoms with Gasteiger partial charge in [0.05, 0.1) is 24.5 Å². The van der Waals surface area contributed by atoms with Gasteiger partial charge in [0, 0.05) is 19.5 Å². The van der Waals surface area contributed by atoms with E-state index in [0.717, 1.165) is 56.4 Å². The van der Waals surface area contributed by atoms with Gasteiger partial charge in [-0.1, -0.05) is 25.0 Å². The van der Waals surface area contributed by atoms with Crippen LogP contribution in [0.5, 0.6) is 5.75 Å². The van der Waals surface area contributed by atoms with Crippen LogP contribution in [0.4, 0.5) is 0 Å². The fraction of sp³-hybridized carbons (Fsp3) is 0.609. The van der Waals surface area contributed by atoms with Crippen LogP contribution in [0.25, 0.3) is 0 Å². The first-order chi connectivity index (χ1) is 14.1. The van der Waals surface area contributed by atoms with Gasteiger partial charge in [0.15, 0.2) is 0 Å². The molecular formula is C23H30N2O4. The highest BCUT2D eigenvalue weighted by Gasteiger charge is 2.48. The molecule has 6 nitrogen and oxygen atoms in total. The van der Waals surface area contributed by atoms with Crippen LogP contribution in [0.1, 0.15) is 63.5 Å². The van der Waals surface area contributed by atoms with E-state index in [2.05, 4.69) is 0 Å². The quantitative estimate of drug-likeness (QED) is 0.690. The van der Waals surface area contributed by atoms with Gasteiger partial charge in [-0.2, -0.15) is 0 Å². The minimum atomic E-state index is -0.144. The van der Waals surface area contributed by atoms with Crippen molar-refractivity contribution >= 4 is 17.7 Å². The van der Waals surface area contributed by atoms with E-state index in [1.54, 1.807) is 0 Å². The van der Waals surface area contributed by atoms with Crippen LogP contribution in [-0.2, 0) is 14.4 Å². The number of carbonyl (C=O) groups excluding carboxylic acids is 3. The average molecular weight is 399 g/mol. The number of likely N-dealkylation sites (tertiary alicyclic amines) is 2. The molecule has 0 aromatic heterocycles. The Kier molecular flexibility index (Phi) is 5.88. The van der Waals surface area contributed by atoms with E-state index in [1.165, 1.54) is 4.90 Å². The van der Waals surface area contributed by atoms with Crippen LogP contribution in [0.15, 0.2) is 24.3 Å². The van der Waals surface area contributed by atoms with Crippen molar-refractivity contribution in [1.29, 1.82) is 0 Å². The van der Waals surface area contributed by atoms with Crippen LogP contribution in [0.2, 0.25) is 0 Å². The van der Waals surface area contributed by atoms with Crippen LogP contribution >= 0.6 is 0 Å². The predicted octanol–water partition coefficient (Wildman–Crippen LogP) is 3.31. The van der Waals surface area contributed by atoms with Gasteiger partial charge in [-0.25, -0.2) is 0 Å². The van der Waals surface area contributed by atoms with Gasteiger partial charge in [-0.15, -0.1) is 0 Å². The van der Waals surface area contributed by atoms with Gasteiger partial charge in [0.1, 0.15) is 5.75 Å². The highest BCUT2D eigenvalue weighted by atomic mass is 16.5. The van der Waals surface area contributed by atoms with Crippen molar-refractivity contribution in [3.8, 4) is 5.75 Å². The van der Waals surface area contributed by atoms with E-state index in [-0.39, 0.29) is 48.6 Å². The first kappa shape index (κ1) is 19.9. The predicted molar refractivity (Wildman–Crippen MR) is 108 cm³/mol. The molecule has 1 aliphatic carbocycles. The Hall–Kier alpha value is -2.37. The standard InChI is InChI=1S/C23H30N2O4/c1-2-29-17-11-9-16(10-12-17)20-8-5-14-24(20)21(26)13-15-25-22(27)18-6-3-4-7-19(18)23(25)28/h9-12,18-20H,2-8,13-15H2,1H3/t18-,19+,20-/m1/s1. The van der Waals surface area contributed by atoms with Gasteiger partial charge < -0.3 is 9.64 Å². The number of fused-ring (bicyclic) bond motifs is 1. The topological polar surface area (TPSA) is 66.9 Å². The SMILES string of the molecule is CCOc1ccc([C@H]2CCCN2C(=O)CCN2C(=O)[C@H]3CCCC[C@H]3C2=O)cc1. The molecule has 156 valence electrons. The Bertz CT molecular complexity index is 752. The number of amides is 3. The first-order valence-electron chi connectivity index (χ1n) is 11.0. The minimum absolute atomic E-state index is 0.0249. The molecule has 0 bridgehead atoms. The highest BCUT2D eigenvalue weighted by Crippen LogP contribution is 2.38. The van der Waals surface area contributed by atoms with Crippen molar-refractivity contribution in [3.05, 3.63) is 29.8 Å². The molecule has 3 aliphatic rings. The summed E-state index contributed by atoms with van der Waals surface area (Å²) in [4.78, 5) is 41.5. The highest BCUT2D eigenvalue weighted by molar-refractivity contribution is 6.05. The van der Waals surface area contributed by atoms with E-state index in [9.17, 15) is 14.4 Å². The summed E-state index contributed by atoms with van der Waals surface area (Å²) in [6.45, 7) is 3.53. The summed E-state index contributed by atoms with van der Waals surface area (Å²) < 4.78 is 5.50. The fourth-order valence-corrected chi connectivity index (χ4v) is 5.17. The number of hydrogen-bond acceptors (Lipinski definition) is 4. The summed E-state index contributed by atoms with van der Waals surface area (Å²) in [5.41, 5.74) is 1.11. The second kappa shape index (κ2) is 8.56. The Morgan fingerprint density at radius 1 is 1.00 bits per heavy atom. The molecule has 1 saturated carbocycles. The number of imide groups is 1. The third-order valence-electron chi connectivity index (χ3n) is 6.63. The maximum absolute atomic E-state index is 12.9. The van der Waals surface area contributed by atoms with Gasteiger partial charge in [-0.05, 0) is 50.3 Å². The van der Waals surface area contributed by atoms with Gasteiger partial charge in [0.2, 0.25) is 17.7 Å². The lowest BCUT2D eigenvalue weighted by Crippen LogP contribution is -2.37. The van der Waals surface area contributed by atoms with Crippen LogP contribution in [-0.4, -0.2) is 47.2 Å². The van der Waals surface area contributed by atoms with Crippen molar-refractivity contribution in [2.24, 2.45) is 11.8 Å². The van der Waals surface area contributed by atoms with Gasteiger partial charge in [-0.3, -0.25) is 19.3 Å². The average Bonchev–Trinajstić information content (AvgIpc) is 3.32. The summed E-state index contributed by atoms with van der Waals surface area (Å²) in [6.07, 6.45) is 5.78. The van der Waals surface area contributed by atoms with Crippen LogP contribution in [0.3, 0.4) is 0 Å². The molecule has 2 saturated heterocycles. The second-order valence-corrected chi connectivity index (χ2v) is 8.32. The lowest BCUT2D eigenvalue weighted by Gasteiger charge is -2.26. The first-order valence-corrected chi connectivity index (χ1v) is 11.0. The lowest BCUT2D eigenvalue weighted by atomic mass is 9.81. The zero-order chi connectivity index (χ0) is 20.4. The van der Waals surface area contributed by atoms with Crippen molar-refractivity contribution in [2.45, 2.75) is 57.9 Å². The van der Waals surface area contributed by atoms with Crippen LogP contribution < -0.4 is 4.74 Å². The normalized spacial score (nSPS) is 26.7. The molecule has 2 aliphatic heterocycles. The Morgan fingerprint density at radius 2 is 1.66 bits per heavy atom. The number of benzene rings is 1. The maximum atomic E-state index is 12.9. The van der Waals surface area contributed by atoms with Gasteiger partial charge in [0.25, 0.3) is 0 Å². The number of hydrogen-bond donors (Lipinski definition) is 0. The molecular weight excluding hydrogens is 368 g/mol. The van der Waals surface area contributed by atoms with E-state index < -0.39 is 0 Å². The third-order valence-corrected chi connectivity index (χ3v) is 6.63. The molecule has 3 fully saturated rings. The second-order valence-electron chi connectivity index (χ2n) is 8.32. The summed E-state index contributed by atoms with van der Waals surface area (Å²) >= 11 is 0. The largest absolute Gasteiger partial charge is 0.494 e. The third kappa shape index (κ3) is 3.89. The van der Waals surface area contributed by atoms with E-state index in [0.29, 0.717) is 6.61 Å². The monoisotopic (exact) mass is 398 g/mol. The smallest absolute Gasteiger partial charge is 0.233 e. The molecule has 3 amide bonds. The molecule has 29 heavy (non-hydrogen) atoms. The van der Waals surface area contributed by atoms with Crippen molar-refractivity contribution < 1.29 is 19.1 Å². The summed E-state index contributed by atoms with van der Waals surface area (Å²) in [7, 11) is 0. The molecule has 0 spiro atoms. The Labute approximate surface area is 172 Å². The number of carbonyl (C=O) groups is 3. The van der Waals surface area contributed by atoms with Crippen molar-refractivity contribution in [3.63, 3.8) is 0 Å². The summed E-state index contributed by atoms with van der Waals surface area (Å²) in [5, 5.41) is 0. The molecule has 4 rings (SSSR count). The molecule has 3 atom stereocenters. The lowest BCUT2D eigenvalue weighted by molar-refractivity contribution is -0.141. The zero-order valence-electron chi connectivity index (χ0n) is 17.1. The number of nitrogens with zero attached hydrogens (tertiary/aromatic N) is 2. The molecule has 2 heterocycles. The zero-order valence-corrected chi connectivity index (χ0v) is 17.1. The molecule has 0 radical (unpaired) electrons. The molecule has 0 N–H and O–H groups in total. The summed E-state index contributed by atoms with van der Waals surface area (Å²) in [6, 6.07) is 8.01. The molecule has 1 aromatic rings. The van der Waals surface area contributed by atoms with Crippen LogP contribution in [0, 0.1) is 11.8 Å². The van der Waals surface area contributed by atoms with E-state index in [1.807, 2.05) is 36.1 Å². The molecule has 6 heteroatoms. The molecule has 1 aromatic carbocycles. The Morgan fingerprint density at radius 3 is 2.28 bits per heavy atom. The molecule has 0 unspecified atom stereocenters. The van der Waals surface area contributed by atoms with E-state index in [4.69, 9.17) is 4.74 Å². The number of rotatable bonds is 6. The number of ether oxygens (including phenoxy) is 1. The summed E-state index contributed by atoms with van der Waals surface area (Å²) in [5.74, 6) is 0.454. The van der Waals surface area contributed by atoms with Gasteiger partial charge >= 0.3 is 0 Å². The minimum Gasteiger partial charge on any atom is -0.494 e.